The molecule has 0 radical (unpaired) electrons. The first-order valence-corrected chi connectivity index (χ1v) is 11.6. The fourth-order valence-electron chi connectivity index (χ4n) is 2.89. The highest BCUT2D eigenvalue weighted by molar-refractivity contribution is 7.93. The molecular formula is C25H25NO4S. The Balaban J connectivity index is 1.84. The Kier molecular flexibility index (Phi) is 7.62. The van der Waals surface area contributed by atoms with Crippen molar-refractivity contribution >= 4 is 27.7 Å². The van der Waals surface area contributed by atoms with E-state index in [0.717, 1.165) is 28.5 Å². The van der Waals surface area contributed by atoms with Gasteiger partial charge >= 0.3 is 0 Å². The molecule has 0 bridgehead atoms. The molecule has 0 N–H and O–H groups in total. The predicted octanol–water partition coefficient (Wildman–Crippen LogP) is 5.30. The first kappa shape index (κ1) is 22.3. The standard InChI is InChI=1S/C25H25NO4S/c1-2-3-20-30-23-17-14-21(15-18-23)16-19-25(27)26(22-10-6-4-7-11-22)31(28,29)24-12-8-5-9-13-24/h4-19H,2-3,20H2,1H3/b19-16+. The van der Waals surface area contributed by atoms with Crippen LogP contribution in [0, 0.1) is 0 Å². The number of nitrogens with zero attached hydrogens (tertiary/aromatic N) is 1. The molecule has 0 aromatic heterocycles. The lowest BCUT2D eigenvalue weighted by Crippen LogP contribution is -2.35. The fraction of sp³-hybridized carbons (Fsp3) is 0.160. The Morgan fingerprint density at radius 1 is 0.903 bits per heavy atom. The number of sulfonamides is 1. The van der Waals surface area contributed by atoms with Gasteiger partial charge in [0.25, 0.3) is 15.9 Å². The third-order valence-electron chi connectivity index (χ3n) is 4.54. The molecule has 0 saturated heterocycles. The zero-order valence-corrected chi connectivity index (χ0v) is 18.2. The average Bonchev–Trinajstić information content (AvgIpc) is 2.80. The second-order valence-electron chi connectivity index (χ2n) is 6.86. The van der Waals surface area contributed by atoms with Crippen molar-refractivity contribution < 1.29 is 17.9 Å². The molecule has 3 rings (SSSR count). The van der Waals surface area contributed by atoms with Crippen molar-refractivity contribution in [2.45, 2.75) is 24.7 Å². The van der Waals surface area contributed by atoms with Gasteiger partial charge in [-0.1, -0.05) is 61.9 Å². The number of hydrogen-bond donors (Lipinski definition) is 0. The molecule has 0 spiro atoms. The maximum absolute atomic E-state index is 13.2. The third-order valence-corrected chi connectivity index (χ3v) is 6.28. The van der Waals surface area contributed by atoms with Crippen molar-refractivity contribution in [1.82, 2.24) is 0 Å². The van der Waals surface area contributed by atoms with E-state index < -0.39 is 15.9 Å². The van der Waals surface area contributed by atoms with Crippen LogP contribution in [0.2, 0.25) is 0 Å². The normalized spacial score (nSPS) is 11.4. The molecule has 160 valence electrons. The minimum absolute atomic E-state index is 0.0502. The highest BCUT2D eigenvalue weighted by atomic mass is 32.2. The summed E-state index contributed by atoms with van der Waals surface area (Å²) in [6.45, 7) is 2.76. The van der Waals surface area contributed by atoms with Gasteiger partial charge in [-0.15, -0.1) is 0 Å². The van der Waals surface area contributed by atoms with Crippen LogP contribution in [0.3, 0.4) is 0 Å². The zero-order chi connectivity index (χ0) is 22.1. The van der Waals surface area contributed by atoms with Crippen LogP contribution in [0.5, 0.6) is 5.75 Å². The molecule has 3 aromatic carbocycles. The van der Waals surface area contributed by atoms with E-state index in [1.165, 1.54) is 18.2 Å². The molecule has 0 aliphatic heterocycles. The molecule has 3 aromatic rings. The summed E-state index contributed by atoms with van der Waals surface area (Å²) in [7, 11) is -4.06. The first-order valence-electron chi connectivity index (χ1n) is 10.1. The Hall–Kier alpha value is -3.38. The Labute approximate surface area is 183 Å². The van der Waals surface area contributed by atoms with Gasteiger partial charge < -0.3 is 4.74 Å². The number of unbranched alkanes of at least 4 members (excludes halogenated alkanes) is 1. The molecule has 31 heavy (non-hydrogen) atoms. The van der Waals surface area contributed by atoms with Gasteiger partial charge in [-0.25, -0.2) is 8.42 Å². The van der Waals surface area contributed by atoms with Crippen molar-refractivity contribution in [2.75, 3.05) is 10.9 Å². The lowest BCUT2D eigenvalue weighted by molar-refractivity contribution is -0.113. The van der Waals surface area contributed by atoms with E-state index in [4.69, 9.17) is 4.74 Å². The molecule has 0 aliphatic carbocycles. The number of anilines is 1. The molecule has 5 nitrogen and oxygen atoms in total. The second-order valence-corrected chi connectivity index (χ2v) is 8.65. The largest absolute Gasteiger partial charge is 0.494 e. The monoisotopic (exact) mass is 435 g/mol. The molecule has 6 heteroatoms. The number of amides is 1. The number of carbonyl (C=O) groups is 1. The summed E-state index contributed by atoms with van der Waals surface area (Å²) in [5.41, 5.74) is 1.04. The Morgan fingerprint density at radius 2 is 1.52 bits per heavy atom. The third kappa shape index (κ3) is 5.83. The van der Waals surface area contributed by atoms with Crippen molar-refractivity contribution in [3.05, 3.63) is 96.6 Å². The van der Waals surface area contributed by atoms with Gasteiger partial charge in [0.05, 0.1) is 17.2 Å². The Morgan fingerprint density at radius 3 is 2.13 bits per heavy atom. The average molecular weight is 436 g/mol. The van der Waals surface area contributed by atoms with Crippen LogP contribution >= 0.6 is 0 Å². The zero-order valence-electron chi connectivity index (χ0n) is 17.3. The molecular weight excluding hydrogens is 410 g/mol. The van der Waals surface area contributed by atoms with Gasteiger partial charge in [-0.05, 0) is 54.5 Å². The van der Waals surface area contributed by atoms with Gasteiger partial charge in [0, 0.05) is 6.08 Å². The SMILES string of the molecule is CCCCOc1ccc(/C=C/C(=O)N(c2ccccc2)S(=O)(=O)c2ccccc2)cc1. The molecule has 0 atom stereocenters. The molecule has 0 fully saturated rings. The number of ether oxygens (including phenoxy) is 1. The molecule has 0 heterocycles. The van der Waals surface area contributed by atoms with E-state index in [0.29, 0.717) is 6.61 Å². The topological polar surface area (TPSA) is 63.7 Å². The Bertz CT molecular complexity index is 1110. The number of rotatable bonds is 9. The van der Waals surface area contributed by atoms with Crippen LogP contribution in [-0.4, -0.2) is 20.9 Å². The number of hydrogen-bond acceptors (Lipinski definition) is 4. The van der Waals surface area contributed by atoms with E-state index in [9.17, 15) is 13.2 Å². The maximum atomic E-state index is 13.2. The van der Waals surface area contributed by atoms with Gasteiger partial charge in [-0.2, -0.15) is 4.31 Å². The smallest absolute Gasteiger partial charge is 0.271 e. The number of para-hydroxylation sites is 1. The summed E-state index contributed by atoms with van der Waals surface area (Å²) in [5, 5.41) is 0. The predicted molar refractivity (Wildman–Crippen MR) is 123 cm³/mol. The fourth-order valence-corrected chi connectivity index (χ4v) is 4.30. The summed E-state index contributed by atoms with van der Waals surface area (Å²) >= 11 is 0. The first-order chi connectivity index (χ1) is 15.0. The lowest BCUT2D eigenvalue weighted by atomic mass is 10.2. The molecule has 0 aliphatic rings. The molecule has 0 saturated carbocycles. The van der Waals surface area contributed by atoms with E-state index in [1.54, 1.807) is 54.6 Å². The summed E-state index contributed by atoms with van der Waals surface area (Å²) in [6, 6.07) is 23.6. The molecule has 0 unspecified atom stereocenters. The maximum Gasteiger partial charge on any atom is 0.271 e. The van der Waals surface area contributed by atoms with Gasteiger partial charge in [-0.3, -0.25) is 4.79 Å². The van der Waals surface area contributed by atoms with E-state index >= 15 is 0 Å². The second kappa shape index (κ2) is 10.6. The minimum atomic E-state index is -4.06. The van der Waals surface area contributed by atoms with Gasteiger partial charge in [0.1, 0.15) is 5.75 Å². The lowest BCUT2D eigenvalue weighted by Gasteiger charge is -2.21. The summed E-state index contributed by atoms with van der Waals surface area (Å²) < 4.78 is 32.9. The van der Waals surface area contributed by atoms with Gasteiger partial charge in [0.2, 0.25) is 0 Å². The van der Waals surface area contributed by atoms with E-state index in [1.807, 2.05) is 24.3 Å². The number of benzene rings is 3. The van der Waals surface area contributed by atoms with Gasteiger partial charge in [0.15, 0.2) is 0 Å². The van der Waals surface area contributed by atoms with Crippen molar-refractivity contribution in [1.29, 1.82) is 0 Å². The van der Waals surface area contributed by atoms with Crippen LogP contribution in [0.15, 0.2) is 95.9 Å². The van der Waals surface area contributed by atoms with E-state index in [-0.39, 0.29) is 10.6 Å². The van der Waals surface area contributed by atoms with Crippen LogP contribution in [-0.2, 0) is 14.8 Å². The van der Waals surface area contributed by atoms with Crippen LogP contribution < -0.4 is 9.04 Å². The number of carbonyl (C=O) groups excluding carboxylic acids is 1. The summed E-state index contributed by atoms with van der Waals surface area (Å²) in [4.78, 5) is 13.1. The van der Waals surface area contributed by atoms with Crippen LogP contribution in [0.1, 0.15) is 25.3 Å². The van der Waals surface area contributed by atoms with Crippen LogP contribution in [0.4, 0.5) is 5.69 Å². The van der Waals surface area contributed by atoms with Crippen LogP contribution in [0.25, 0.3) is 6.08 Å². The quantitative estimate of drug-likeness (QED) is 0.338. The molecule has 1 amide bonds. The summed E-state index contributed by atoms with van der Waals surface area (Å²) in [6.07, 6.45) is 4.91. The summed E-state index contributed by atoms with van der Waals surface area (Å²) in [5.74, 6) is 0.104. The van der Waals surface area contributed by atoms with Crippen molar-refractivity contribution in [3.8, 4) is 5.75 Å². The van der Waals surface area contributed by atoms with Crippen molar-refractivity contribution in [2.24, 2.45) is 0 Å². The highest BCUT2D eigenvalue weighted by Crippen LogP contribution is 2.24. The van der Waals surface area contributed by atoms with E-state index in [2.05, 4.69) is 6.92 Å². The minimum Gasteiger partial charge on any atom is -0.494 e. The highest BCUT2D eigenvalue weighted by Gasteiger charge is 2.29. The van der Waals surface area contributed by atoms with Crippen molar-refractivity contribution in [3.63, 3.8) is 0 Å².